The summed E-state index contributed by atoms with van der Waals surface area (Å²) in [5.74, 6) is -0.306. The van der Waals surface area contributed by atoms with Crippen LogP contribution < -0.4 is 5.32 Å². The Labute approximate surface area is 120 Å². The van der Waals surface area contributed by atoms with Gasteiger partial charge in [-0.15, -0.1) is 0 Å². The molecule has 1 saturated carbocycles. The Bertz CT molecular complexity index is 419. The monoisotopic (exact) mass is 281 g/mol. The maximum atomic E-state index is 13.8. The third-order valence-electron chi connectivity index (χ3n) is 4.41. The van der Waals surface area contributed by atoms with Gasteiger partial charge in [-0.1, -0.05) is 31.9 Å². The van der Waals surface area contributed by atoms with Gasteiger partial charge in [0.25, 0.3) is 0 Å². The summed E-state index contributed by atoms with van der Waals surface area (Å²) in [6.45, 7) is 4.21. The van der Waals surface area contributed by atoms with E-state index in [1.54, 1.807) is 12.1 Å². The molecule has 3 heteroatoms. The first kappa shape index (κ1) is 15.4. The number of rotatable bonds is 6. The Balaban J connectivity index is 1.99. The standard InChI is InChI=1S/C17H25F2N/c1-2-10-20-12-15-7-4-3-6-13(15)11-14-8-5-9-16(18)17(14)19/h5,8-9,13,15,20H,2-4,6-7,10-12H2,1H3. The molecule has 0 bridgehead atoms. The highest BCUT2D eigenvalue weighted by Crippen LogP contribution is 2.33. The van der Waals surface area contributed by atoms with Crippen molar-refractivity contribution in [2.75, 3.05) is 13.1 Å². The van der Waals surface area contributed by atoms with Crippen molar-refractivity contribution in [2.24, 2.45) is 11.8 Å². The smallest absolute Gasteiger partial charge is 0.162 e. The Morgan fingerprint density at radius 1 is 1.15 bits per heavy atom. The fourth-order valence-corrected chi connectivity index (χ4v) is 3.27. The van der Waals surface area contributed by atoms with Gasteiger partial charge < -0.3 is 5.32 Å². The van der Waals surface area contributed by atoms with Gasteiger partial charge in [-0.25, -0.2) is 8.78 Å². The summed E-state index contributed by atoms with van der Waals surface area (Å²) < 4.78 is 27.1. The summed E-state index contributed by atoms with van der Waals surface area (Å²) in [7, 11) is 0. The quantitative estimate of drug-likeness (QED) is 0.766. The van der Waals surface area contributed by atoms with Crippen LogP contribution >= 0.6 is 0 Å². The van der Waals surface area contributed by atoms with Crippen molar-refractivity contribution in [2.45, 2.75) is 45.4 Å². The largest absolute Gasteiger partial charge is 0.316 e. The zero-order chi connectivity index (χ0) is 14.4. The van der Waals surface area contributed by atoms with E-state index in [0.29, 0.717) is 23.8 Å². The fraction of sp³-hybridized carbons (Fsp3) is 0.647. The molecule has 1 nitrogen and oxygen atoms in total. The van der Waals surface area contributed by atoms with E-state index in [2.05, 4.69) is 12.2 Å². The molecule has 2 unspecified atom stereocenters. The van der Waals surface area contributed by atoms with Crippen LogP contribution in [0.2, 0.25) is 0 Å². The highest BCUT2D eigenvalue weighted by Gasteiger charge is 2.26. The van der Waals surface area contributed by atoms with E-state index in [9.17, 15) is 8.78 Å². The van der Waals surface area contributed by atoms with Crippen LogP contribution in [0.3, 0.4) is 0 Å². The number of nitrogens with one attached hydrogen (secondary N) is 1. The minimum atomic E-state index is -0.723. The highest BCUT2D eigenvalue weighted by molar-refractivity contribution is 5.19. The molecule has 1 aromatic carbocycles. The van der Waals surface area contributed by atoms with Crippen LogP contribution in [0.15, 0.2) is 18.2 Å². The molecule has 0 spiro atoms. The molecule has 112 valence electrons. The molecule has 1 aromatic rings. The molecule has 1 aliphatic rings. The minimum Gasteiger partial charge on any atom is -0.316 e. The molecular formula is C17H25F2N. The van der Waals surface area contributed by atoms with E-state index in [1.165, 1.54) is 25.3 Å². The van der Waals surface area contributed by atoms with E-state index >= 15 is 0 Å². The molecule has 0 aliphatic heterocycles. The molecule has 0 amide bonds. The first-order chi connectivity index (χ1) is 9.72. The lowest BCUT2D eigenvalue weighted by Gasteiger charge is -2.32. The summed E-state index contributed by atoms with van der Waals surface area (Å²) >= 11 is 0. The topological polar surface area (TPSA) is 12.0 Å². The van der Waals surface area contributed by atoms with Gasteiger partial charge in [-0.05, 0) is 62.2 Å². The van der Waals surface area contributed by atoms with Crippen LogP contribution in [-0.4, -0.2) is 13.1 Å². The number of benzene rings is 1. The predicted molar refractivity (Wildman–Crippen MR) is 78.7 cm³/mol. The third kappa shape index (κ3) is 4.02. The summed E-state index contributed by atoms with van der Waals surface area (Å²) in [5, 5.41) is 3.48. The molecule has 0 saturated heterocycles. The SMILES string of the molecule is CCCNCC1CCCCC1Cc1cccc(F)c1F. The summed E-state index contributed by atoms with van der Waals surface area (Å²) in [5.41, 5.74) is 0.539. The van der Waals surface area contributed by atoms with Crippen molar-refractivity contribution in [3.63, 3.8) is 0 Å². The van der Waals surface area contributed by atoms with Crippen LogP contribution in [0.1, 0.15) is 44.6 Å². The molecule has 1 aliphatic carbocycles. The second kappa shape index (κ2) is 7.72. The lowest BCUT2D eigenvalue weighted by Crippen LogP contribution is -2.32. The predicted octanol–water partition coefficient (Wildman–Crippen LogP) is 4.31. The molecule has 1 fully saturated rings. The number of hydrogen-bond donors (Lipinski definition) is 1. The van der Waals surface area contributed by atoms with Crippen molar-refractivity contribution >= 4 is 0 Å². The zero-order valence-corrected chi connectivity index (χ0v) is 12.3. The number of hydrogen-bond acceptors (Lipinski definition) is 1. The second-order valence-corrected chi connectivity index (χ2v) is 5.93. The zero-order valence-electron chi connectivity index (χ0n) is 12.3. The Hall–Kier alpha value is -0.960. The van der Waals surface area contributed by atoms with Crippen molar-refractivity contribution < 1.29 is 8.78 Å². The van der Waals surface area contributed by atoms with E-state index in [1.807, 2.05) is 0 Å². The average Bonchev–Trinajstić information content (AvgIpc) is 2.46. The Morgan fingerprint density at radius 3 is 2.65 bits per heavy atom. The highest BCUT2D eigenvalue weighted by atomic mass is 19.2. The first-order valence-corrected chi connectivity index (χ1v) is 7.86. The molecule has 20 heavy (non-hydrogen) atoms. The normalized spacial score (nSPS) is 22.9. The van der Waals surface area contributed by atoms with E-state index in [4.69, 9.17) is 0 Å². The van der Waals surface area contributed by atoms with Crippen molar-refractivity contribution in [1.82, 2.24) is 5.32 Å². The molecule has 2 atom stereocenters. The minimum absolute atomic E-state index is 0.476. The Morgan fingerprint density at radius 2 is 1.90 bits per heavy atom. The van der Waals surface area contributed by atoms with Gasteiger partial charge in [0.1, 0.15) is 0 Å². The van der Waals surface area contributed by atoms with Crippen LogP contribution in [0.25, 0.3) is 0 Å². The maximum Gasteiger partial charge on any atom is 0.162 e. The van der Waals surface area contributed by atoms with Crippen LogP contribution in [-0.2, 0) is 6.42 Å². The molecule has 0 radical (unpaired) electrons. The van der Waals surface area contributed by atoms with E-state index in [0.717, 1.165) is 25.9 Å². The van der Waals surface area contributed by atoms with Crippen molar-refractivity contribution in [3.8, 4) is 0 Å². The lowest BCUT2D eigenvalue weighted by molar-refractivity contribution is 0.227. The van der Waals surface area contributed by atoms with Gasteiger partial charge in [-0.3, -0.25) is 0 Å². The first-order valence-electron chi connectivity index (χ1n) is 7.86. The second-order valence-electron chi connectivity index (χ2n) is 5.93. The molecule has 0 heterocycles. The van der Waals surface area contributed by atoms with Crippen LogP contribution in [0.4, 0.5) is 8.78 Å². The molecule has 0 aromatic heterocycles. The van der Waals surface area contributed by atoms with Gasteiger partial charge in [-0.2, -0.15) is 0 Å². The third-order valence-corrected chi connectivity index (χ3v) is 4.41. The van der Waals surface area contributed by atoms with Gasteiger partial charge in [0.05, 0.1) is 0 Å². The van der Waals surface area contributed by atoms with Crippen molar-refractivity contribution in [1.29, 1.82) is 0 Å². The van der Waals surface area contributed by atoms with E-state index < -0.39 is 11.6 Å². The maximum absolute atomic E-state index is 13.8. The summed E-state index contributed by atoms with van der Waals surface area (Å²) in [6, 6.07) is 4.53. The van der Waals surface area contributed by atoms with Crippen LogP contribution in [0.5, 0.6) is 0 Å². The average molecular weight is 281 g/mol. The van der Waals surface area contributed by atoms with Gasteiger partial charge in [0.15, 0.2) is 11.6 Å². The molecule has 1 N–H and O–H groups in total. The van der Waals surface area contributed by atoms with Gasteiger partial charge >= 0.3 is 0 Å². The summed E-state index contributed by atoms with van der Waals surface area (Å²) in [4.78, 5) is 0. The number of halogens is 2. The molecule has 2 rings (SSSR count). The summed E-state index contributed by atoms with van der Waals surface area (Å²) in [6.07, 6.45) is 6.62. The van der Waals surface area contributed by atoms with Crippen LogP contribution in [0, 0.1) is 23.5 Å². The lowest BCUT2D eigenvalue weighted by atomic mass is 9.76. The fourth-order valence-electron chi connectivity index (χ4n) is 3.27. The van der Waals surface area contributed by atoms with Crippen molar-refractivity contribution in [3.05, 3.63) is 35.4 Å². The molecular weight excluding hydrogens is 256 g/mol. The van der Waals surface area contributed by atoms with Gasteiger partial charge in [0.2, 0.25) is 0 Å². The van der Waals surface area contributed by atoms with Gasteiger partial charge in [0, 0.05) is 0 Å². The van der Waals surface area contributed by atoms with E-state index in [-0.39, 0.29) is 0 Å². The Kier molecular flexibility index (Phi) is 5.96.